The van der Waals surface area contributed by atoms with Gasteiger partial charge in [-0.2, -0.15) is 0 Å². The fourth-order valence-corrected chi connectivity index (χ4v) is 2.79. The van der Waals surface area contributed by atoms with E-state index in [1.165, 1.54) is 5.06 Å². The third-order valence-electron chi connectivity index (χ3n) is 4.41. The monoisotopic (exact) mass is 453 g/mol. The Bertz CT molecular complexity index is 682. The molecule has 9 heteroatoms. The molecule has 0 aliphatic carbocycles. The minimum Gasteiger partial charge on any atom is -0.465 e. The summed E-state index contributed by atoms with van der Waals surface area (Å²) in [7, 11) is 0. The third-order valence-corrected chi connectivity index (χ3v) is 4.41. The quantitative estimate of drug-likeness (QED) is 0.247. The Kier molecular flexibility index (Phi) is 12.9. The van der Waals surface area contributed by atoms with Gasteiger partial charge in [0.05, 0.1) is 79.0 Å². The Morgan fingerprint density at radius 2 is 1.44 bits per heavy atom. The van der Waals surface area contributed by atoms with Gasteiger partial charge in [0.25, 0.3) is 5.91 Å². The Hall–Kier alpha value is -2.04. The van der Waals surface area contributed by atoms with Crippen LogP contribution in [-0.4, -0.2) is 83.0 Å². The van der Waals surface area contributed by atoms with Crippen LogP contribution < -0.4 is 0 Å². The van der Waals surface area contributed by atoms with E-state index in [0.29, 0.717) is 84.1 Å². The second kappa shape index (κ2) is 15.7. The Morgan fingerprint density at radius 3 is 2.03 bits per heavy atom. The average molecular weight is 454 g/mol. The topological polar surface area (TPSA) is 92.8 Å². The predicted molar refractivity (Wildman–Crippen MR) is 116 cm³/mol. The molecule has 1 aliphatic rings. The van der Waals surface area contributed by atoms with Crippen LogP contribution in [0.4, 0.5) is 0 Å². The minimum absolute atomic E-state index is 0.113. The van der Waals surface area contributed by atoms with Crippen LogP contribution in [-0.2, 0) is 39.9 Å². The molecule has 32 heavy (non-hydrogen) atoms. The zero-order valence-electron chi connectivity index (χ0n) is 19.1. The maximum absolute atomic E-state index is 12.1. The van der Waals surface area contributed by atoms with E-state index in [1.807, 2.05) is 32.0 Å². The molecule has 0 N–H and O–H groups in total. The van der Waals surface area contributed by atoms with Crippen LogP contribution in [0.25, 0.3) is 0 Å². The first-order chi connectivity index (χ1) is 15.6. The summed E-state index contributed by atoms with van der Waals surface area (Å²) in [6.07, 6.45) is 0.253. The first kappa shape index (κ1) is 26.2. The number of hydrogen-bond donors (Lipinski definition) is 0. The van der Waals surface area contributed by atoms with Crippen LogP contribution in [0.3, 0.4) is 0 Å². The van der Waals surface area contributed by atoms with E-state index in [0.717, 1.165) is 5.56 Å². The van der Waals surface area contributed by atoms with Gasteiger partial charge in [0.2, 0.25) is 0 Å². The van der Waals surface area contributed by atoms with Crippen LogP contribution in [0.15, 0.2) is 24.3 Å². The number of ether oxygens (including phenoxy) is 5. The molecule has 1 amide bonds. The van der Waals surface area contributed by atoms with Gasteiger partial charge >= 0.3 is 5.97 Å². The molecule has 0 atom stereocenters. The lowest BCUT2D eigenvalue weighted by atomic mass is 10.1. The summed E-state index contributed by atoms with van der Waals surface area (Å²) in [4.78, 5) is 29.0. The molecule has 2 rings (SSSR count). The Morgan fingerprint density at radius 1 is 0.875 bits per heavy atom. The van der Waals surface area contributed by atoms with Crippen molar-refractivity contribution in [1.82, 2.24) is 5.06 Å². The van der Waals surface area contributed by atoms with Crippen molar-refractivity contribution in [3.8, 4) is 0 Å². The van der Waals surface area contributed by atoms with Crippen LogP contribution in [0, 0.1) is 5.92 Å². The zero-order chi connectivity index (χ0) is 23.0. The summed E-state index contributed by atoms with van der Waals surface area (Å²) in [5, 5.41) is 1.37. The fourth-order valence-electron chi connectivity index (χ4n) is 2.79. The third kappa shape index (κ3) is 10.5. The lowest BCUT2D eigenvalue weighted by molar-refractivity contribution is -0.146. The van der Waals surface area contributed by atoms with Crippen molar-refractivity contribution < 1.29 is 38.1 Å². The first-order valence-corrected chi connectivity index (χ1v) is 11.1. The minimum atomic E-state index is -0.239. The molecule has 0 spiro atoms. The van der Waals surface area contributed by atoms with E-state index in [9.17, 15) is 9.59 Å². The van der Waals surface area contributed by atoms with Crippen molar-refractivity contribution in [2.45, 2.75) is 26.8 Å². The molecule has 1 aliphatic heterocycles. The highest BCUT2D eigenvalue weighted by Crippen LogP contribution is 2.22. The number of hydroxylamine groups is 2. The van der Waals surface area contributed by atoms with Crippen LogP contribution in [0.2, 0.25) is 0 Å². The Balaban J connectivity index is 1.30. The standard InChI is InChI=1S/C23H35NO8/c1-19(2)18-31-22(25)7-8-27-9-10-28-11-12-29-13-14-30-15-16-32-24-17-20-5-3-4-6-21(20)23(24)26/h3-6,19H,7-18H2,1-2H3. The highest BCUT2D eigenvalue weighted by atomic mass is 16.7. The molecule has 0 aromatic heterocycles. The van der Waals surface area contributed by atoms with Crippen molar-refractivity contribution >= 4 is 11.9 Å². The van der Waals surface area contributed by atoms with Gasteiger partial charge in [0.15, 0.2) is 0 Å². The second-order valence-electron chi connectivity index (χ2n) is 7.61. The van der Waals surface area contributed by atoms with Crippen LogP contribution in [0.1, 0.15) is 36.2 Å². The lowest BCUT2D eigenvalue weighted by Gasteiger charge is -2.15. The highest BCUT2D eigenvalue weighted by Gasteiger charge is 2.27. The largest absolute Gasteiger partial charge is 0.465 e. The van der Waals surface area contributed by atoms with E-state index in [4.69, 9.17) is 28.5 Å². The van der Waals surface area contributed by atoms with Gasteiger partial charge in [0, 0.05) is 5.56 Å². The van der Waals surface area contributed by atoms with E-state index in [1.54, 1.807) is 6.07 Å². The molecule has 9 nitrogen and oxygen atoms in total. The molecule has 0 saturated heterocycles. The van der Waals surface area contributed by atoms with E-state index < -0.39 is 0 Å². The molecular weight excluding hydrogens is 418 g/mol. The number of carbonyl (C=O) groups excluding carboxylic acids is 2. The van der Waals surface area contributed by atoms with Gasteiger partial charge in [-0.25, -0.2) is 5.06 Å². The van der Waals surface area contributed by atoms with E-state index >= 15 is 0 Å². The molecule has 1 aromatic rings. The van der Waals surface area contributed by atoms with Crippen molar-refractivity contribution in [2.24, 2.45) is 5.92 Å². The molecule has 180 valence electrons. The van der Waals surface area contributed by atoms with E-state index in [-0.39, 0.29) is 18.3 Å². The number of fused-ring (bicyclic) bond motifs is 1. The first-order valence-electron chi connectivity index (χ1n) is 11.1. The zero-order valence-corrected chi connectivity index (χ0v) is 19.1. The maximum atomic E-state index is 12.1. The smallest absolute Gasteiger partial charge is 0.308 e. The molecule has 0 unspecified atom stereocenters. The molecule has 0 radical (unpaired) electrons. The number of hydrogen-bond acceptors (Lipinski definition) is 8. The maximum Gasteiger partial charge on any atom is 0.308 e. The molecule has 0 fully saturated rings. The number of rotatable bonds is 18. The van der Waals surface area contributed by atoms with Crippen LogP contribution in [0.5, 0.6) is 0 Å². The summed E-state index contributed by atoms with van der Waals surface area (Å²) in [5.74, 6) is -0.0165. The van der Waals surface area contributed by atoms with E-state index in [2.05, 4.69) is 0 Å². The molecule has 0 saturated carbocycles. The van der Waals surface area contributed by atoms with Gasteiger partial charge in [-0.15, -0.1) is 0 Å². The molecule has 1 heterocycles. The van der Waals surface area contributed by atoms with Gasteiger partial charge in [-0.05, 0) is 17.5 Å². The lowest BCUT2D eigenvalue weighted by Crippen LogP contribution is -2.26. The summed E-state index contributed by atoms with van der Waals surface area (Å²) < 4.78 is 26.6. The number of amides is 1. The number of carbonyl (C=O) groups is 2. The predicted octanol–water partition coefficient (Wildman–Crippen LogP) is 2.23. The number of nitrogens with zero attached hydrogens (tertiary/aromatic N) is 1. The van der Waals surface area contributed by atoms with Gasteiger partial charge in [-0.1, -0.05) is 32.0 Å². The summed E-state index contributed by atoms with van der Waals surface area (Å²) in [6, 6.07) is 7.49. The van der Waals surface area contributed by atoms with Crippen molar-refractivity contribution in [2.75, 3.05) is 66.1 Å². The summed E-state index contributed by atoms with van der Waals surface area (Å²) in [6.45, 7) is 8.57. The Labute approximate surface area is 189 Å². The molecule has 0 bridgehead atoms. The fraction of sp³-hybridized carbons (Fsp3) is 0.652. The van der Waals surface area contributed by atoms with Gasteiger partial charge in [0.1, 0.15) is 0 Å². The number of benzene rings is 1. The average Bonchev–Trinajstić information content (AvgIpc) is 3.10. The summed E-state index contributed by atoms with van der Waals surface area (Å²) >= 11 is 0. The van der Waals surface area contributed by atoms with Crippen LogP contribution >= 0.6 is 0 Å². The SMILES string of the molecule is CC(C)COC(=O)CCOCCOCCOCCOCCON1Cc2ccccc2C1=O. The molecular formula is C23H35NO8. The highest BCUT2D eigenvalue weighted by molar-refractivity contribution is 5.97. The molecule has 1 aromatic carbocycles. The second-order valence-corrected chi connectivity index (χ2v) is 7.61. The van der Waals surface area contributed by atoms with Crippen molar-refractivity contribution in [1.29, 1.82) is 0 Å². The van der Waals surface area contributed by atoms with Gasteiger partial charge in [-0.3, -0.25) is 14.4 Å². The summed E-state index contributed by atoms with van der Waals surface area (Å²) in [5.41, 5.74) is 1.67. The van der Waals surface area contributed by atoms with Crippen molar-refractivity contribution in [3.63, 3.8) is 0 Å². The normalized spacial score (nSPS) is 13.1. The van der Waals surface area contributed by atoms with Gasteiger partial charge < -0.3 is 23.7 Å². The van der Waals surface area contributed by atoms with Crippen molar-refractivity contribution in [3.05, 3.63) is 35.4 Å². The number of esters is 1.